The summed E-state index contributed by atoms with van der Waals surface area (Å²) < 4.78 is 1.54. The molecule has 108 valence electrons. The lowest BCUT2D eigenvalue weighted by molar-refractivity contribution is -0.120. The van der Waals surface area contributed by atoms with Crippen molar-refractivity contribution >= 4 is 5.91 Å². The van der Waals surface area contributed by atoms with E-state index < -0.39 is 6.04 Å². The number of hydrogen-bond acceptors (Lipinski definition) is 5. The summed E-state index contributed by atoms with van der Waals surface area (Å²) in [5.41, 5.74) is 1.70. The van der Waals surface area contributed by atoms with Crippen molar-refractivity contribution < 1.29 is 4.79 Å². The molecular weight excluding hydrogens is 268 g/mol. The highest BCUT2D eigenvalue weighted by Gasteiger charge is 2.10. The summed E-state index contributed by atoms with van der Waals surface area (Å²) in [6.07, 6.45) is 3.28. The van der Waals surface area contributed by atoms with Gasteiger partial charge in [-0.25, -0.2) is 4.68 Å². The highest BCUT2D eigenvalue weighted by Crippen LogP contribution is 2.08. The summed E-state index contributed by atoms with van der Waals surface area (Å²) in [5.74, 6) is -0.148. The Hall–Kier alpha value is -2.75. The predicted octanol–water partition coefficient (Wildman–Crippen LogP) is 1.01. The van der Waals surface area contributed by atoms with Crippen LogP contribution in [-0.4, -0.2) is 32.2 Å². The number of nitriles is 1. The van der Waals surface area contributed by atoms with Crippen LogP contribution in [0.1, 0.15) is 25.3 Å². The minimum absolute atomic E-state index is 0.148. The van der Waals surface area contributed by atoms with Gasteiger partial charge in [0.1, 0.15) is 12.4 Å². The van der Waals surface area contributed by atoms with Gasteiger partial charge in [-0.05, 0) is 34.5 Å². The Bertz CT molecular complexity index is 614. The van der Waals surface area contributed by atoms with Gasteiger partial charge in [-0.1, -0.05) is 25.5 Å². The van der Waals surface area contributed by atoms with E-state index in [9.17, 15) is 4.79 Å². The molecule has 0 spiro atoms. The standard InChI is InChI=1S/C14H16N6O/c1-2-3-12(9-15)17-14(21)8-11-4-6-13(7-5-11)20-10-16-18-19-20/h4-7,10,12H,2-3,8H2,1H3,(H,17,21)/t12-/m1/s1. The van der Waals surface area contributed by atoms with Crippen LogP contribution in [0.5, 0.6) is 0 Å². The molecule has 7 heteroatoms. The van der Waals surface area contributed by atoms with Gasteiger partial charge in [-0.2, -0.15) is 5.26 Å². The van der Waals surface area contributed by atoms with E-state index in [1.54, 1.807) is 0 Å². The Kier molecular flexibility index (Phi) is 4.99. The third-order valence-corrected chi connectivity index (χ3v) is 2.98. The maximum atomic E-state index is 11.9. The van der Waals surface area contributed by atoms with E-state index in [0.29, 0.717) is 6.42 Å². The molecule has 21 heavy (non-hydrogen) atoms. The van der Waals surface area contributed by atoms with Crippen molar-refractivity contribution in [1.29, 1.82) is 5.26 Å². The van der Waals surface area contributed by atoms with E-state index in [1.807, 2.05) is 31.2 Å². The van der Waals surface area contributed by atoms with Crippen molar-refractivity contribution in [3.8, 4) is 11.8 Å². The molecule has 0 fully saturated rings. The molecule has 0 unspecified atom stereocenters. The van der Waals surface area contributed by atoms with Gasteiger partial charge in [0.15, 0.2) is 0 Å². The van der Waals surface area contributed by atoms with Crippen LogP contribution < -0.4 is 5.32 Å². The van der Waals surface area contributed by atoms with E-state index in [1.165, 1.54) is 11.0 Å². The third kappa shape index (κ3) is 4.11. The van der Waals surface area contributed by atoms with Crippen molar-refractivity contribution in [3.05, 3.63) is 36.2 Å². The largest absolute Gasteiger partial charge is 0.340 e. The number of aromatic nitrogens is 4. The first kappa shape index (κ1) is 14.7. The number of rotatable bonds is 6. The molecule has 7 nitrogen and oxygen atoms in total. The predicted molar refractivity (Wildman–Crippen MR) is 75.3 cm³/mol. The Balaban J connectivity index is 1.94. The molecule has 2 rings (SSSR count). The molecule has 0 bridgehead atoms. The van der Waals surface area contributed by atoms with Gasteiger partial charge in [0.05, 0.1) is 18.2 Å². The van der Waals surface area contributed by atoms with Gasteiger partial charge in [0.2, 0.25) is 5.91 Å². The highest BCUT2D eigenvalue weighted by molar-refractivity contribution is 5.79. The minimum atomic E-state index is -0.414. The number of carbonyl (C=O) groups is 1. The minimum Gasteiger partial charge on any atom is -0.340 e. The van der Waals surface area contributed by atoms with E-state index in [0.717, 1.165) is 17.7 Å². The molecule has 0 aliphatic carbocycles. The summed E-state index contributed by atoms with van der Waals surface area (Å²) in [7, 11) is 0. The molecule has 1 heterocycles. The molecule has 1 aromatic carbocycles. The first-order chi connectivity index (χ1) is 10.2. The van der Waals surface area contributed by atoms with Crippen LogP contribution in [0.2, 0.25) is 0 Å². The van der Waals surface area contributed by atoms with Crippen LogP contribution in [0.15, 0.2) is 30.6 Å². The number of tetrazole rings is 1. The first-order valence-electron chi connectivity index (χ1n) is 6.74. The molecule has 0 saturated heterocycles. The van der Waals surface area contributed by atoms with E-state index in [2.05, 4.69) is 26.9 Å². The van der Waals surface area contributed by atoms with Crippen molar-refractivity contribution in [1.82, 2.24) is 25.5 Å². The second kappa shape index (κ2) is 7.14. The van der Waals surface area contributed by atoms with Crippen LogP contribution in [-0.2, 0) is 11.2 Å². The van der Waals surface area contributed by atoms with Crippen LogP contribution in [0, 0.1) is 11.3 Å². The average molecular weight is 284 g/mol. The smallest absolute Gasteiger partial charge is 0.225 e. The Morgan fingerprint density at radius 2 is 2.19 bits per heavy atom. The zero-order valence-corrected chi connectivity index (χ0v) is 11.7. The summed E-state index contributed by atoms with van der Waals surface area (Å²) in [4.78, 5) is 11.9. The van der Waals surface area contributed by atoms with Gasteiger partial charge < -0.3 is 5.32 Å². The molecular formula is C14H16N6O. The SMILES string of the molecule is CCC[C@H](C#N)NC(=O)Cc1ccc(-n2cnnn2)cc1. The fraction of sp³-hybridized carbons (Fsp3) is 0.357. The summed E-state index contributed by atoms with van der Waals surface area (Å²) in [5, 5.41) is 22.6. The van der Waals surface area contributed by atoms with E-state index in [4.69, 9.17) is 5.26 Å². The van der Waals surface area contributed by atoms with Gasteiger partial charge >= 0.3 is 0 Å². The monoisotopic (exact) mass is 284 g/mol. The number of carbonyl (C=O) groups excluding carboxylic acids is 1. The maximum Gasteiger partial charge on any atom is 0.225 e. The number of nitrogens with zero attached hydrogens (tertiary/aromatic N) is 5. The van der Waals surface area contributed by atoms with Gasteiger partial charge in [-0.3, -0.25) is 4.79 Å². The van der Waals surface area contributed by atoms with Crippen molar-refractivity contribution in [2.45, 2.75) is 32.2 Å². The quantitative estimate of drug-likeness (QED) is 0.854. The first-order valence-corrected chi connectivity index (χ1v) is 6.74. The molecule has 1 atom stereocenters. The van der Waals surface area contributed by atoms with Gasteiger partial charge in [0, 0.05) is 0 Å². The zero-order valence-electron chi connectivity index (χ0n) is 11.7. The number of amides is 1. The second-order valence-electron chi connectivity index (χ2n) is 4.64. The number of benzene rings is 1. The van der Waals surface area contributed by atoms with Crippen LogP contribution >= 0.6 is 0 Å². The average Bonchev–Trinajstić information content (AvgIpc) is 3.01. The third-order valence-electron chi connectivity index (χ3n) is 2.98. The molecule has 0 aliphatic heterocycles. The lowest BCUT2D eigenvalue weighted by Crippen LogP contribution is -2.34. The number of hydrogen-bond donors (Lipinski definition) is 1. The van der Waals surface area contributed by atoms with E-state index in [-0.39, 0.29) is 12.3 Å². The molecule has 1 N–H and O–H groups in total. The molecule has 1 amide bonds. The lowest BCUT2D eigenvalue weighted by atomic mass is 10.1. The Morgan fingerprint density at radius 1 is 1.43 bits per heavy atom. The fourth-order valence-corrected chi connectivity index (χ4v) is 1.93. The fourth-order valence-electron chi connectivity index (χ4n) is 1.93. The maximum absolute atomic E-state index is 11.9. The zero-order chi connectivity index (χ0) is 15.1. The molecule has 1 aromatic heterocycles. The van der Waals surface area contributed by atoms with E-state index >= 15 is 0 Å². The highest BCUT2D eigenvalue weighted by atomic mass is 16.1. The van der Waals surface area contributed by atoms with Crippen LogP contribution in [0.4, 0.5) is 0 Å². The summed E-state index contributed by atoms with van der Waals surface area (Å²) in [6.45, 7) is 1.98. The lowest BCUT2D eigenvalue weighted by Gasteiger charge is -2.10. The topological polar surface area (TPSA) is 96.5 Å². The molecule has 0 saturated carbocycles. The van der Waals surface area contributed by atoms with Gasteiger partial charge in [-0.15, -0.1) is 5.10 Å². The molecule has 2 aromatic rings. The summed E-state index contributed by atoms with van der Waals surface area (Å²) in [6, 6.07) is 9.05. The summed E-state index contributed by atoms with van der Waals surface area (Å²) >= 11 is 0. The van der Waals surface area contributed by atoms with Crippen LogP contribution in [0.3, 0.4) is 0 Å². The normalized spacial score (nSPS) is 11.6. The van der Waals surface area contributed by atoms with Crippen molar-refractivity contribution in [2.75, 3.05) is 0 Å². The Labute approximate surface area is 122 Å². The Morgan fingerprint density at radius 3 is 2.76 bits per heavy atom. The van der Waals surface area contributed by atoms with Crippen LogP contribution in [0.25, 0.3) is 5.69 Å². The van der Waals surface area contributed by atoms with Crippen molar-refractivity contribution in [3.63, 3.8) is 0 Å². The van der Waals surface area contributed by atoms with Crippen molar-refractivity contribution in [2.24, 2.45) is 0 Å². The molecule has 0 aliphatic rings. The van der Waals surface area contributed by atoms with Gasteiger partial charge in [0.25, 0.3) is 0 Å². The second-order valence-corrected chi connectivity index (χ2v) is 4.64. The number of nitrogens with one attached hydrogen (secondary N) is 1. The molecule has 0 radical (unpaired) electrons.